The average molecular weight is 426 g/mol. The largest absolute Gasteiger partial charge is 0.394 e. The van der Waals surface area contributed by atoms with Crippen LogP contribution in [0.15, 0.2) is 60.7 Å². The molecule has 1 fully saturated rings. The minimum atomic E-state index is -1.49. The van der Waals surface area contributed by atoms with Gasteiger partial charge in [0.2, 0.25) is 0 Å². The molecule has 1 saturated heterocycles. The van der Waals surface area contributed by atoms with E-state index < -0.39 is 48.4 Å². The molecule has 0 spiro atoms. The molecular weight excluding hydrogens is 399 g/mol. The SMILES string of the molecule is CC(C)(c1cc2cccccc-2c1)c1cc(C2OC(CO)C(O)C(O)C2O)ccc1F. The third-order valence-electron chi connectivity index (χ3n) is 6.34. The highest BCUT2D eigenvalue weighted by Gasteiger charge is 2.44. The van der Waals surface area contributed by atoms with E-state index in [4.69, 9.17) is 4.74 Å². The maximum Gasteiger partial charge on any atom is 0.127 e. The molecule has 6 heteroatoms. The van der Waals surface area contributed by atoms with Gasteiger partial charge in [-0.2, -0.15) is 0 Å². The number of benzene rings is 1. The van der Waals surface area contributed by atoms with Gasteiger partial charge in [0, 0.05) is 5.41 Å². The van der Waals surface area contributed by atoms with Crippen molar-refractivity contribution in [3.05, 3.63) is 83.2 Å². The molecule has 4 rings (SSSR count). The van der Waals surface area contributed by atoms with Gasteiger partial charge in [0.15, 0.2) is 0 Å². The van der Waals surface area contributed by atoms with Crippen molar-refractivity contribution >= 4 is 0 Å². The summed E-state index contributed by atoms with van der Waals surface area (Å²) < 4.78 is 20.6. The van der Waals surface area contributed by atoms with Crippen LogP contribution >= 0.6 is 0 Å². The van der Waals surface area contributed by atoms with Gasteiger partial charge in [-0.1, -0.05) is 62.4 Å². The first kappa shape index (κ1) is 21.9. The molecule has 0 amide bonds. The summed E-state index contributed by atoms with van der Waals surface area (Å²) in [6.45, 7) is 3.34. The molecule has 1 heterocycles. The van der Waals surface area contributed by atoms with Gasteiger partial charge in [-0.05, 0) is 39.9 Å². The average Bonchev–Trinajstić information content (AvgIpc) is 3.04. The molecule has 5 nitrogen and oxygen atoms in total. The summed E-state index contributed by atoms with van der Waals surface area (Å²) >= 11 is 0. The Bertz CT molecular complexity index is 1000. The van der Waals surface area contributed by atoms with E-state index in [0.717, 1.165) is 16.7 Å². The summed E-state index contributed by atoms with van der Waals surface area (Å²) in [6.07, 6.45) is -6.38. The second kappa shape index (κ2) is 8.30. The number of halogens is 1. The minimum Gasteiger partial charge on any atom is -0.394 e. The lowest BCUT2D eigenvalue weighted by Gasteiger charge is -2.40. The van der Waals surface area contributed by atoms with Crippen molar-refractivity contribution in [2.75, 3.05) is 6.61 Å². The van der Waals surface area contributed by atoms with E-state index in [1.54, 1.807) is 6.07 Å². The second-order valence-corrected chi connectivity index (χ2v) is 8.68. The Morgan fingerprint density at radius 3 is 2.13 bits per heavy atom. The molecule has 0 bridgehead atoms. The van der Waals surface area contributed by atoms with Gasteiger partial charge in [0.25, 0.3) is 0 Å². The lowest BCUT2D eigenvalue weighted by Crippen LogP contribution is -2.55. The van der Waals surface area contributed by atoms with Crippen molar-refractivity contribution in [3.8, 4) is 11.1 Å². The molecule has 0 aromatic heterocycles. The molecule has 0 radical (unpaired) electrons. The standard InChI is InChI=1S/C25H27FO5/c1-25(2,17-10-14-6-4-3-5-7-15(14)11-17)18-12-16(8-9-19(18)26)24-23(30)22(29)21(28)20(13-27)31-24/h3-12,20-24,27-30H,13H2,1-2H3. The van der Waals surface area contributed by atoms with Gasteiger partial charge in [-0.15, -0.1) is 0 Å². The Morgan fingerprint density at radius 2 is 1.52 bits per heavy atom. The minimum absolute atomic E-state index is 0.394. The van der Waals surface area contributed by atoms with Crippen LogP contribution in [0.3, 0.4) is 0 Å². The van der Waals surface area contributed by atoms with Crippen molar-refractivity contribution in [1.82, 2.24) is 0 Å². The Labute approximate surface area is 180 Å². The normalized spacial score (nSPS) is 26.9. The maximum absolute atomic E-state index is 15.0. The fourth-order valence-corrected chi connectivity index (χ4v) is 4.31. The Kier molecular flexibility index (Phi) is 5.85. The molecule has 5 atom stereocenters. The van der Waals surface area contributed by atoms with E-state index in [2.05, 4.69) is 0 Å². The molecule has 1 aliphatic heterocycles. The smallest absolute Gasteiger partial charge is 0.127 e. The van der Waals surface area contributed by atoms with E-state index >= 15 is 0 Å². The molecule has 5 unspecified atom stereocenters. The van der Waals surface area contributed by atoms with Crippen molar-refractivity contribution in [1.29, 1.82) is 0 Å². The molecule has 1 aromatic rings. The zero-order valence-electron chi connectivity index (χ0n) is 17.4. The number of hydrogen-bond donors (Lipinski definition) is 4. The van der Waals surface area contributed by atoms with Gasteiger partial charge in [0.05, 0.1) is 6.61 Å². The van der Waals surface area contributed by atoms with E-state index in [9.17, 15) is 24.8 Å². The predicted molar refractivity (Wildman–Crippen MR) is 114 cm³/mol. The van der Waals surface area contributed by atoms with Crippen molar-refractivity contribution in [2.24, 2.45) is 0 Å². The first-order valence-electron chi connectivity index (χ1n) is 10.3. The van der Waals surface area contributed by atoms with E-state index in [1.165, 1.54) is 12.1 Å². The number of rotatable bonds is 4. The molecule has 4 N–H and O–H groups in total. The zero-order chi connectivity index (χ0) is 22.3. The van der Waals surface area contributed by atoms with Gasteiger partial charge < -0.3 is 25.2 Å². The number of aliphatic hydroxyl groups excluding tert-OH is 4. The molecule has 31 heavy (non-hydrogen) atoms. The van der Waals surface area contributed by atoms with E-state index in [1.807, 2.05) is 56.3 Å². The van der Waals surface area contributed by atoms with Gasteiger partial charge >= 0.3 is 0 Å². The van der Waals surface area contributed by atoms with E-state index in [0.29, 0.717) is 11.1 Å². The summed E-state index contributed by atoms with van der Waals surface area (Å²) in [7, 11) is 0. The fraction of sp³-hybridized carbons (Fsp3) is 0.360. The predicted octanol–water partition coefficient (Wildman–Crippen LogP) is 2.77. The topological polar surface area (TPSA) is 90.2 Å². The number of fused-ring (bicyclic) bond motifs is 1. The molecule has 2 aliphatic carbocycles. The van der Waals surface area contributed by atoms with Gasteiger partial charge in [-0.25, -0.2) is 4.39 Å². The Hall–Kier alpha value is -2.35. The van der Waals surface area contributed by atoms with Crippen molar-refractivity contribution < 1.29 is 29.6 Å². The van der Waals surface area contributed by atoms with Crippen LogP contribution in [0.1, 0.15) is 36.6 Å². The van der Waals surface area contributed by atoms with Crippen LogP contribution in [-0.2, 0) is 10.2 Å². The van der Waals surface area contributed by atoms with Crippen LogP contribution in [0.2, 0.25) is 0 Å². The van der Waals surface area contributed by atoms with Crippen LogP contribution < -0.4 is 0 Å². The first-order chi connectivity index (χ1) is 14.7. The maximum atomic E-state index is 15.0. The van der Waals surface area contributed by atoms with Crippen LogP contribution in [0.25, 0.3) is 11.1 Å². The van der Waals surface area contributed by atoms with Gasteiger partial charge in [0.1, 0.15) is 36.3 Å². The lowest BCUT2D eigenvalue weighted by atomic mass is 9.77. The highest BCUT2D eigenvalue weighted by Crippen LogP contribution is 2.40. The monoisotopic (exact) mass is 426 g/mol. The highest BCUT2D eigenvalue weighted by atomic mass is 19.1. The summed E-state index contributed by atoms with van der Waals surface area (Å²) in [5, 5.41) is 40.1. The van der Waals surface area contributed by atoms with Gasteiger partial charge in [-0.3, -0.25) is 0 Å². The van der Waals surface area contributed by atoms with Crippen LogP contribution in [0.4, 0.5) is 4.39 Å². The van der Waals surface area contributed by atoms with Crippen LogP contribution in [0, 0.1) is 5.82 Å². The fourth-order valence-electron chi connectivity index (χ4n) is 4.31. The molecule has 0 saturated carbocycles. The second-order valence-electron chi connectivity index (χ2n) is 8.68. The third-order valence-corrected chi connectivity index (χ3v) is 6.34. The summed E-state index contributed by atoms with van der Waals surface area (Å²) in [4.78, 5) is 0. The van der Waals surface area contributed by atoms with E-state index in [-0.39, 0.29) is 0 Å². The Morgan fingerprint density at radius 1 is 0.871 bits per heavy atom. The van der Waals surface area contributed by atoms with Crippen LogP contribution in [-0.4, -0.2) is 51.4 Å². The van der Waals surface area contributed by atoms with Crippen molar-refractivity contribution in [3.63, 3.8) is 0 Å². The summed E-state index contributed by atoms with van der Waals surface area (Å²) in [5.41, 5.74) is 3.24. The molecule has 1 aromatic carbocycles. The lowest BCUT2D eigenvalue weighted by molar-refractivity contribution is -0.231. The number of ether oxygens (including phenoxy) is 1. The summed E-state index contributed by atoms with van der Waals surface area (Å²) in [6, 6.07) is 18.4. The molecular formula is C25H27FO5. The number of hydrogen-bond acceptors (Lipinski definition) is 5. The molecule has 164 valence electrons. The molecule has 3 aliphatic rings. The highest BCUT2D eigenvalue weighted by molar-refractivity contribution is 5.69. The quantitative estimate of drug-likeness (QED) is 0.515. The Balaban J connectivity index is 1.74. The third kappa shape index (κ3) is 3.86. The summed E-state index contributed by atoms with van der Waals surface area (Å²) in [5.74, 6) is -0.394. The zero-order valence-corrected chi connectivity index (χ0v) is 17.4. The number of aliphatic hydroxyl groups is 4. The van der Waals surface area contributed by atoms with Crippen LogP contribution in [0.5, 0.6) is 0 Å². The van der Waals surface area contributed by atoms with Crippen molar-refractivity contribution in [2.45, 2.75) is 49.8 Å². The first-order valence-corrected chi connectivity index (χ1v) is 10.3.